The Hall–Kier alpha value is -2.12. The molecule has 0 bridgehead atoms. The third-order valence-electron chi connectivity index (χ3n) is 3.97. The Morgan fingerprint density at radius 1 is 1.14 bits per heavy atom. The summed E-state index contributed by atoms with van der Waals surface area (Å²) in [6.45, 7) is 7.36. The molecule has 1 N–H and O–H groups in total. The van der Waals surface area contributed by atoms with E-state index in [0.717, 1.165) is 4.88 Å². The highest BCUT2D eigenvalue weighted by Gasteiger charge is 2.24. The van der Waals surface area contributed by atoms with Crippen molar-refractivity contribution in [1.82, 2.24) is 5.32 Å². The molecule has 0 fully saturated rings. The zero-order valence-electron chi connectivity index (χ0n) is 16.5. The molecule has 0 saturated carbocycles. The van der Waals surface area contributed by atoms with E-state index in [1.54, 1.807) is 63.3 Å². The molecule has 28 heavy (non-hydrogen) atoms. The number of ether oxygens (including phenoxy) is 1. The number of thioether (sulfide) groups is 1. The normalized spacial score (nSPS) is 12.3. The van der Waals surface area contributed by atoms with Crippen LogP contribution in [0.1, 0.15) is 42.9 Å². The molecule has 1 heterocycles. The highest BCUT2D eigenvalue weighted by molar-refractivity contribution is 8.00. The van der Waals surface area contributed by atoms with Crippen molar-refractivity contribution in [3.63, 3.8) is 0 Å². The minimum atomic E-state index is -0.566. The van der Waals surface area contributed by atoms with Crippen molar-refractivity contribution in [2.45, 2.75) is 44.4 Å². The highest BCUT2D eigenvalue weighted by atomic mass is 32.2. The van der Waals surface area contributed by atoms with Crippen molar-refractivity contribution in [2.24, 2.45) is 5.41 Å². The number of nitrogens with one attached hydrogen (secondary N) is 1. The maximum absolute atomic E-state index is 12.4. The number of Topliss-reactive ketones (excluding diaryl/α,β-unsaturated/α-hetero) is 1. The summed E-state index contributed by atoms with van der Waals surface area (Å²) in [5.41, 5.74) is -0.212. The second kappa shape index (κ2) is 9.89. The zero-order chi connectivity index (χ0) is 20.7. The van der Waals surface area contributed by atoms with Gasteiger partial charge < -0.3 is 10.1 Å². The van der Waals surface area contributed by atoms with Crippen molar-refractivity contribution in [2.75, 3.05) is 6.61 Å². The predicted octanol–water partition coefficient (Wildman–Crippen LogP) is 4.32. The van der Waals surface area contributed by atoms with E-state index in [0.29, 0.717) is 17.0 Å². The van der Waals surface area contributed by atoms with Gasteiger partial charge in [-0.3, -0.25) is 9.59 Å². The number of thiophene rings is 1. The van der Waals surface area contributed by atoms with Crippen LogP contribution in [0.25, 0.3) is 0 Å². The van der Waals surface area contributed by atoms with Crippen molar-refractivity contribution in [3.8, 4) is 0 Å². The summed E-state index contributed by atoms with van der Waals surface area (Å²) in [6, 6.07) is 10.9. The Labute approximate surface area is 173 Å². The van der Waals surface area contributed by atoms with Crippen LogP contribution in [0.2, 0.25) is 0 Å². The number of esters is 1. The first-order valence-corrected chi connectivity index (χ1v) is 10.7. The van der Waals surface area contributed by atoms with Crippen LogP contribution in [-0.4, -0.2) is 29.5 Å². The molecule has 2 rings (SSSR count). The molecule has 0 saturated heterocycles. The maximum Gasteiger partial charge on any atom is 0.339 e. The van der Waals surface area contributed by atoms with Crippen LogP contribution < -0.4 is 5.32 Å². The molecule has 1 aromatic carbocycles. The molecule has 0 aliphatic carbocycles. The Kier molecular flexibility index (Phi) is 7.83. The van der Waals surface area contributed by atoms with Gasteiger partial charge in [0.1, 0.15) is 0 Å². The summed E-state index contributed by atoms with van der Waals surface area (Å²) in [6.07, 6.45) is 0. The molecule has 7 heteroatoms. The summed E-state index contributed by atoms with van der Waals surface area (Å²) >= 11 is 2.88. The number of rotatable bonds is 8. The Morgan fingerprint density at radius 2 is 1.86 bits per heavy atom. The molecular weight excluding hydrogens is 394 g/mol. The van der Waals surface area contributed by atoms with Crippen molar-refractivity contribution in [3.05, 3.63) is 52.2 Å². The monoisotopic (exact) mass is 419 g/mol. The Bertz CT molecular complexity index is 825. The van der Waals surface area contributed by atoms with Gasteiger partial charge in [-0.15, -0.1) is 23.1 Å². The summed E-state index contributed by atoms with van der Waals surface area (Å²) in [5.74, 6) is -0.816. The fraction of sp³-hybridized carbons (Fsp3) is 0.381. The van der Waals surface area contributed by atoms with E-state index in [2.05, 4.69) is 5.32 Å². The van der Waals surface area contributed by atoms with E-state index < -0.39 is 11.4 Å². The lowest BCUT2D eigenvalue weighted by atomic mass is 9.91. The van der Waals surface area contributed by atoms with E-state index in [4.69, 9.17) is 4.74 Å². The Morgan fingerprint density at radius 3 is 2.50 bits per heavy atom. The highest BCUT2D eigenvalue weighted by Crippen LogP contribution is 2.28. The number of amides is 1. The second-order valence-corrected chi connectivity index (χ2v) is 9.72. The molecule has 150 valence electrons. The quantitative estimate of drug-likeness (QED) is 0.510. The third kappa shape index (κ3) is 6.49. The molecular formula is C21H25NO4S2. The van der Waals surface area contributed by atoms with Crippen LogP contribution in [0.5, 0.6) is 0 Å². The smallest absolute Gasteiger partial charge is 0.339 e. The van der Waals surface area contributed by atoms with Crippen LogP contribution in [0.4, 0.5) is 0 Å². The topological polar surface area (TPSA) is 72.5 Å². The third-order valence-corrected chi connectivity index (χ3v) is 6.02. The van der Waals surface area contributed by atoms with Gasteiger partial charge >= 0.3 is 5.97 Å². The van der Waals surface area contributed by atoms with E-state index >= 15 is 0 Å². The van der Waals surface area contributed by atoms with Gasteiger partial charge in [0.15, 0.2) is 12.4 Å². The average Bonchev–Trinajstić information content (AvgIpc) is 3.17. The van der Waals surface area contributed by atoms with Crippen LogP contribution in [0, 0.1) is 5.41 Å². The fourth-order valence-electron chi connectivity index (χ4n) is 2.14. The van der Waals surface area contributed by atoms with Gasteiger partial charge in [-0.2, -0.15) is 0 Å². The molecule has 0 aliphatic heterocycles. The molecule has 5 nitrogen and oxygen atoms in total. The molecule has 0 unspecified atom stereocenters. The van der Waals surface area contributed by atoms with Crippen molar-refractivity contribution in [1.29, 1.82) is 0 Å². The number of carbonyl (C=O) groups excluding carboxylic acids is 3. The zero-order valence-corrected chi connectivity index (χ0v) is 18.1. The van der Waals surface area contributed by atoms with Gasteiger partial charge in [0.2, 0.25) is 5.91 Å². The molecule has 0 radical (unpaired) electrons. The van der Waals surface area contributed by atoms with Crippen LogP contribution in [0.15, 0.2) is 46.7 Å². The van der Waals surface area contributed by atoms with Crippen LogP contribution in [-0.2, 0) is 20.9 Å². The van der Waals surface area contributed by atoms with Gasteiger partial charge in [-0.05, 0) is 30.5 Å². The lowest BCUT2D eigenvalue weighted by molar-refractivity contribution is -0.129. The summed E-state index contributed by atoms with van der Waals surface area (Å²) < 4.78 is 5.19. The Balaban J connectivity index is 1.97. The summed E-state index contributed by atoms with van der Waals surface area (Å²) in [7, 11) is 0. The number of carbonyl (C=O) groups is 3. The summed E-state index contributed by atoms with van der Waals surface area (Å²) in [5, 5.41) is 4.48. The fourth-order valence-corrected chi connectivity index (χ4v) is 3.79. The predicted molar refractivity (Wildman–Crippen MR) is 113 cm³/mol. The molecule has 1 amide bonds. The second-order valence-electron chi connectivity index (χ2n) is 7.30. The van der Waals surface area contributed by atoms with E-state index in [1.807, 2.05) is 17.5 Å². The standard InChI is InChI=1S/C21H25NO4S2/c1-14(19(24)22-12-15-8-7-11-27-15)28-17-10-6-5-9-16(17)20(25)26-13-18(23)21(2,3)4/h5-11,14H,12-13H2,1-4H3,(H,22,24)/t14-/m1/s1. The maximum atomic E-state index is 12.4. The van der Waals surface area contributed by atoms with Crippen LogP contribution in [0.3, 0.4) is 0 Å². The molecule has 0 spiro atoms. The number of benzene rings is 1. The first-order chi connectivity index (χ1) is 13.2. The van der Waals surface area contributed by atoms with Crippen molar-refractivity contribution >= 4 is 40.8 Å². The molecule has 1 atom stereocenters. The lowest BCUT2D eigenvalue weighted by Gasteiger charge is -2.17. The SMILES string of the molecule is C[C@@H](Sc1ccccc1C(=O)OCC(=O)C(C)(C)C)C(=O)NCc1cccs1. The van der Waals surface area contributed by atoms with Gasteiger partial charge in [0.25, 0.3) is 0 Å². The number of hydrogen-bond acceptors (Lipinski definition) is 6. The summed E-state index contributed by atoms with van der Waals surface area (Å²) in [4.78, 5) is 38.5. The average molecular weight is 420 g/mol. The molecule has 1 aromatic heterocycles. The van der Waals surface area contributed by atoms with Crippen LogP contribution >= 0.6 is 23.1 Å². The van der Waals surface area contributed by atoms with Gasteiger partial charge in [-0.25, -0.2) is 4.79 Å². The van der Waals surface area contributed by atoms with E-state index in [-0.39, 0.29) is 23.5 Å². The number of ketones is 1. The first-order valence-electron chi connectivity index (χ1n) is 8.94. The van der Waals surface area contributed by atoms with E-state index in [1.165, 1.54) is 11.8 Å². The minimum Gasteiger partial charge on any atom is -0.454 e. The minimum absolute atomic E-state index is 0.107. The van der Waals surface area contributed by atoms with Gasteiger partial charge in [-0.1, -0.05) is 39.0 Å². The van der Waals surface area contributed by atoms with Gasteiger partial charge in [0.05, 0.1) is 17.4 Å². The molecule has 0 aliphatic rings. The van der Waals surface area contributed by atoms with Gasteiger partial charge in [0, 0.05) is 15.2 Å². The van der Waals surface area contributed by atoms with E-state index in [9.17, 15) is 14.4 Å². The lowest BCUT2D eigenvalue weighted by Crippen LogP contribution is -2.30. The van der Waals surface area contributed by atoms with Crippen molar-refractivity contribution < 1.29 is 19.1 Å². The largest absolute Gasteiger partial charge is 0.454 e. The first kappa shape index (κ1) is 22.2. The number of hydrogen-bond donors (Lipinski definition) is 1. The molecule has 2 aromatic rings.